The second-order valence-corrected chi connectivity index (χ2v) is 7.83. The lowest BCUT2D eigenvalue weighted by Gasteiger charge is -2.37. The van der Waals surface area contributed by atoms with Crippen LogP contribution in [0.5, 0.6) is 5.75 Å². The van der Waals surface area contributed by atoms with E-state index in [-0.39, 0.29) is 18.3 Å². The summed E-state index contributed by atoms with van der Waals surface area (Å²) in [4.78, 5) is 14.1. The largest absolute Gasteiger partial charge is 0.464 e. The first-order chi connectivity index (χ1) is 13.2. The van der Waals surface area contributed by atoms with Gasteiger partial charge in [-0.1, -0.05) is 46.3 Å². The number of amides is 1. The van der Waals surface area contributed by atoms with Gasteiger partial charge >= 0.3 is 6.09 Å². The number of hydrogen-bond acceptors (Lipinski definition) is 4. The Labute approximate surface area is 167 Å². The topological polar surface area (TPSA) is 48.0 Å². The number of ether oxygens (including phenoxy) is 3. The van der Waals surface area contributed by atoms with Crippen molar-refractivity contribution in [2.45, 2.75) is 32.3 Å². The van der Waals surface area contributed by atoms with Crippen LogP contribution < -0.4 is 4.74 Å². The molecule has 5 nitrogen and oxygen atoms in total. The Bertz CT molecular complexity index is 790. The molecule has 2 heterocycles. The molecule has 0 saturated carbocycles. The summed E-state index contributed by atoms with van der Waals surface area (Å²) in [5.74, 6) is 1.17. The van der Waals surface area contributed by atoms with Gasteiger partial charge in [-0.05, 0) is 36.6 Å². The van der Waals surface area contributed by atoms with Gasteiger partial charge in [0.15, 0.2) is 0 Å². The van der Waals surface area contributed by atoms with Crippen molar-refractivity contribution in [3.05, 3.63) is 64.1 Å². The van der Waals surface area contributed by atoms with Crippen LogP contribution in [0.15, 0.2) is 53.0 Å². The smallest absolute Gasteiger partial charge is 0.410 e. The first kappa shape index (κ1) is 18.3. The molecule has 1 atom stereocenters. The molecule has 1 unspecified atom stereocenters. The van der Waals surface area contributed by atoms with Crippen molar-refractivity contribution in [3.63, 3.8) is 0 Å². The minimum Gasteiger partial charge on any atom is -0.464 e. The summed E-state index contributed by atoms with van der Waals surface area (Å²) in [5, 5.41) is 0. The maximum atomic E-state index is 12.3. The minimum absolute atomic E-state index is 0.249. The van der Waals surface area contributed by atoms with E-state index >= 15 is 0 Å². The third-order valence-corrected chi connectivity index (χ3v) is 5.55. The Morgan fingerprint density at radius 1 is 1.15 bits per heavy atom. The summed E-state index contributed by atoms with van der Waals surface area (Å²) < 4.78 is 18.4. The minimum atomic E-state index is -0.252. The number of hydrogen-bond donors (Lipinski definition) is 0. The number of rotatable bonds is 3. The highest BCUT2D eigenvalue weighted by Crippen LogP contribution is 2.33. The molecule has 6 heteroatoms. The molecule has 1 fully saturated rings. The van der Waals surface area contributed by atoms with E-state index in [2.05, 4.69) is 15.9 Å². The van der Waals surface area contributed by atoms with Gasteiger partial charge in [-0.2, -0.15) is 0 Å². The summed E-state index contributed by atoms with van der Waals surface area (Å²) >= 11 is 3.47. The summed E-state index contributed by atoms with van der Waals surface area (Å²) in [5.41, 5.74) is 2.05. The lowest BCUT2D eigenvalue weighted by atomic mass is 9.96. The maximum Gasteiger partial charge on any atom is 0.410 e. The molecule has 1 amide bonds. The number of carbonyl (C=O) groups excluding carboxylic acids is 1. The molecule has 2 aliphatic rings. The van der Waals surface area contributed by atoms with Crippen molar-refractivity contribution < 1.29 is 19.0 Å². The van der Waals surface area contributed by atoms with Crippen molar-refractivity contribution >= 4 is 22.0 Å². The number of fused-ring (bicyclic) bond motifs is 1. The number of likely N-dealkylation sites (tertiary alicyclic amines) is 1. The predicted molar refractivity (Wildman–Crippen MR) is 104 cm³/mol. The van der Waals surface area contributed by atoms with Crippen LogP contribution in [0.3, 0.4) is 0 Å². The Hall–Kier alpha value is -2.05. The van der Waals surface area contributed by atoms with Gasteiger partial charge in [0.2, 0.25) is 6.29 Å². The fourth-order valence-electron chi connectivity index (χ4n) is 3.50. The van der Waals surface area contributed by atoms with E-state index in [1.54, 1.807) is 4.90 Å². The zero-order valence-corrected chi connectivity index (χ0v) is 16.6. The lowest BCUT2D eigenvalue weighted by molar-refractivity contribution is -0.148. The molecule has 2 aromatic carbocycles. The first-order valence-corrected chi connectivity index (χ1v) is 10.0. The Kier molecular flexibility index (Phi) is 5.64. The first-order valence-electron chi connectivity index (χ1n) is 9.21. The molecule has 0 aliphatic carbocycles. The number of nitrogens with zero attached hydrogens (tertiary/aromatic N) is 1. The number of piperidine rings is 1. The van der Waals surface area contributed by atoms with Crippen LogP contribution in [-0.4, -0.2) is 30.4 Å². The van der Waals surface area contributed by atoms with E-state index in [0.717, 1.165) is 34.2 Å². The normalized spacial score (nSPS) is 19.9. The van der Waals surface area contributed by atoms with Crippen LogP contribution >= 0.6 is 15.9 Å². The van der Waals surface area contributed by atoms with Crippen LogP contribution in [0.1, 0.15) is 24.0 Å². The van der Waals surface area contributed by atoms with Crippen molar-refractivity contribution in [2.75, 3.05) is 13.1 Å². The zero-order chi connectivity index (χ0) is 18.6. The van der Waals surface area contributed by atoms with E-state index in [0.29, 0.717) is 26.3 Å². The lowest BCUT2D eigenvalue weighted by Crippen LogP contribution is -2.44. The van der Waals surface area contributed by atoms with Gasteiger partial charge in [0.1, 0.15) is 12.4 Å². The Morgan fingerprint density at radius 3 is 2.70 bits per heavy atom. The van der Waals surface area contributed by atoms with Crippen molar-refractivity contribution in [1.82, 2.24) is 4.90 Å². The molecular formula is C21H22BrNO4. The molecule has 1 saturated heterocycles. The third kappa shape index (κ3) is 4.45. The fourth-order valence-corrected chi connectivity index (χ4v) is 3.91. The van der Waals surface area contributed by atoms with E-state index in [9.17, 15) is 4.79 Å². The highest BCUT2D eigenvalue weighted by Gasteiger charge is 2.33. The summed E-state index contributed by atoms with van der Waals surface area (Å²) in [6, 6.07) is 15.7. The highest BCUT2D eigenvalue weighted by atomic mass is 79.9. The van der Waals surface area contributed by atoms with E-state index in [1.165, 1.54) is 0 Å². The Morgan fingerprint density at radius 2 is 1.93 bits per heavy atom. The molecule has 2 aromatic rings. The average Bonchev–Trinajstić information content (AvgIpc) is 2.72. The van der Waals surface area contributed by atoms with Crippen LogP contribution in [-0.2, 0) is 22.7 Å². The fraction of sp³-hybridized carbons (Fsp3) is 0.381. The van der Waals surface area contributed by atoms with Crippen LogP contribution in [0.4, 0.5) is 4.79 Å². The molecule has 4 rings (SSSR count). The van der Waals surface area contributed by atoms with E-state index in [4.69, 9.17) is 14.2 Å². The van der Waals surface area contributed by atoms with Crippen LogP contribution in [0, 0.1) is 5.92 Å². The van der Waals surface area contributed by atoms with Gasteiger partial charge in [-0.3, -0.25) is 0 Å². The van der Waals surface area contributed by atoms with Gasteiger partial charge in [0.05, 0.1) is 6.61 Å². The third-order valence-electron chi connectivity index (χ3n) is 5.06. The van der Waals surface area contributed by atoms with Gasteiger partial charge in [0.25, 0.3) is 0 Å². The van der Waals surface area contributed by atoms with Crippen molar-refractivity contribution in [2.24, 2.45) is 5.92 Å². The Balaban J connectivity index is 1.26. The molecule has 2 aliphatic heterocycles. The van der Waals surface area contributed by atoms with Crippen LogP contribution in [0.2, 0.25) is 0 Å². The standard InChI is InChI=1S/C21H22BrNO4/c22-18-6-7-19-17(12-18)14-25-20(27-19)16-8-10-23(11-9-16)21(24)26-13-15-4-2-1-3-5-15/h1-7,12,16,20H,8-11,13-14H2. The highest BCUT2D eigenvalue weighted by molar-refractivity contribution is 9.10. The van der Waals surface area contributed by atoms with Crippen LogP contribution in [0.25, 0.3) is 0 Å². The maximum absolute atomic E-state index is 12.3. The van der Waals surface area contributed by atoms with E-state index in [1.807, 2.05) is 48.5 Å². The van der Waals surface area contributed by atoms with Gasteiger partial charge in [-0.15, -0.1) is 0 Å². The van der Waals surface area contributed by atoms with Gasteiger partial charge in [0, 0.05) is 29.0 Å². The number of carbonyl (C=O) groups is 1. The molecule has 142 valence electrons. The summed E-state index contributed by atoms with van der Waals surface area (Å²) in [6.45, 7) is 2.18. The molecule has 0 spiro atoms. The summed E-state index contributed by atoms with van der Waals surface area (Å²) in [6.07, 6.45) is 1.19. The van der Waals surface area contributed by atoms with Gasteiger partial charge < -0.3 is 19.1 Å². The number of halogens is 1. The average molecular weight is 432 g/mol. The molecule has 0 radical (unpaired) electrons. The molecule has 0 aromatic heterocycles. The second-order valence-electron chi connectivity index (χ2n) is 6.91. The second kappa shape index (κ2) is 8.31. The van der Waals surface area contributed by atoms with Gasteiger partial charge in [-0.25, -0.2) is 4.79 Å². The quantitative estimate of drug-likeness (QED) is 0.704. The predicted octanol–water partition coefficient (Wildman–Crippen LogP) is 4.73. The summed E-state index contributed by atoms with van der Waals surface area (Å²) in [7, 11) is 0. The molecule has 27 heavy (non-hydrogen) atoms. The monoisotopic (exact) mass is 431 g/mol. The molecule has 0 bridgehead atoms. The van der Waals surface area contributed by atoms with Crippen molar-refractivity contribution in [3.8, 4) is 5.75 Å². The van der Waals surface area contributed by atoms with Crippen molar-refractivity contribution in [1.29, 1.82) is 0 Å². The SMILES string of the molecule is O=C(OCc1ccccc1)N1CCC(C2OCc3cc(Br)ccc3O2)CC1. The molecule has 0 N–H and O–H groups in total. The molecular weight excluding hydrogens is 410 g/mol. The number of benzene rings is 2. The van der Waals surface area contributed by atoms with E-state index < -0.39 is 0 Å². The zero-order valence-electron chi connectivity index (χ0n) is 15.0.